The highest BCUT2D eigenvalue weighted by Gasteiger charge is 2.15. The summed E-state index contributed by atoms with van der Waals surface area (Å²) >= 11 is 0. The Labute approximate surface area is 161 Å². The fourth-order valence-electron chi connectivity index (χ4n) is 3.93. The largest absolute Gasteiger partial charge is 0.354 e. The molecule has 0 unspecified atom stereocenters. The van der Waals surface area contributed by atoms with Gasteiger partial charge in [-0.1, -0.05) is 24.3 Å². The number of benzene rings is 1. The first-order valence-electron chi connectivity index (χ1n) is 9.93. The normalized spacial score (nSPS) is 17.0. The maximum Gasteiger partial charge on any atom is 0.224 e. The van der Waals surface area contributed by atoms with E-state index in [1.807, 2.05) is 6.20 Å². The average Bonchev–Trinajstić information content (AvgIpc) is 3.15. The first-order chi connectivity index (χ1) is 13.2. The molecule has 1 N–H and O–H groups in total. The van der Waals surface area contributed by atoms with Gasteiger partial charge in [0.25, 0.3) is 0 Å². The Morgan fingerprint density at radius 1 is 1.04 bits per heavy atom. The van der Waals surface area contributed by atoms with E-state index in [1.165, 1.54) is 24.0 Å². The highest BCUT2D eigenvalue weighted by Crippen LogP contribution is 2.23. The van der Waals surface area contributed by atoms with Gasteiger partial charge in [0, 0.05) is 38.9 Å². The van der Waals surface area contributed by atoms with Crippen LogP contribution >= 0.6 is 0 Å². The Kier molecular flexibility index (Phi) is 5.39. The molecule has 4 rings (SSSR count). The zero-order valence-corrected chi connectivity index (χ0v) is 16.1. The fraction of sp³-hybridized carbons (Fsp3) is 0.455. The van der Waals surface area contributed by atoms with Crippen LogP contribution in [-0.2, 0) is 30.6 Å². The molecule has 2 aromatic rings. The van der Waals surface area contributed by atoms with Crippen molar-refractivity contribution < 1.29 is 4.79 Å². The van der Waals surface area contributed by atoms with E-state index in [0.29, 0.717) is 13.0 Å². The number of hydrogen-bond donors (Lipinski definition) is 1. The lowest BCUT2D eigenvalue weighted by Crippen LogP contribution is -2.44. The van der Waals surface area contributed by atoms with Crippen LogP contribution in [0.1, 0.15) is 28.7 Å². The van der Waals surface area contributed by atoms with Crippen LogP contribution in [0.5, 0.6) is 0 Å². The van der Waals surface area contributed by atoms with Crippen molar-refractivity contribution in [2.45, 2.75) is 32.2 Å². The molecule has 2 heterocycles. The van der Waals surface area contributed by atoms with Crippen molar-refractivity contribution in [1.29, 1.82) is 0 Å². The number of aryl methyl sites for hydroxylation is 2. The molecule has 0 saturated carbocycles. The van der Waals surface area contributed by atoms with Gasteiger partial charge in [-0.25, -0.2) is 4.98 Å². The standard InChI is InChI=1S/C22H28N4O/c1-25-9-11-26(12-10-25)21-8-6-18(15-23-21)16-24-22(27)14-17-5-7-19-3-2-4-20(19)13-17/h5-8,13,15H,2-4,9-12,14,16H2,1H3,(H,24,27). The molecular weight excluding hydrogens is 336 g/mol. The third kappa shape index (κ3) is 4.48. The molecule has 5 heteroatoms. The summed E-state index contributed by atoms with van der Waals surface area (Å²) in [5.74, 6) is 1.09. The van der Waals surface area contributed by atoms with Gasteiger partial charge in [-0.05, 0) is 54.6 Å². The zero-order chi connectivity index (χ0) is 18.6. The smallest absolute Gasteiger partial charge is 0.224 e. The lowest BCUT2D eigenvalue weighted by molar-refractivity contribution is -0.120. The summed E-state index contributed by atoms with van der Waals surface area (Å²) in [4.78, 5) is 21.5. The molecule has 1 aromatic carbocycles. The second-order valence-electron chi connectivity index (χ2n) is 7.73. The van der Waals surface area contributed by atoms with Gasteiger partial charge in [0.05, 0.1) is 6.42 Å². The first kappa shape index (κ1) is 18.0. The first-order valence-corrected chi connectivity index (χ1v) is 9.93. The molecule has 27 heavy (non-hydrogen) atoms. The minimum Gasteiger partial charge on any atom is -0.354 e. The molecule has 0 spiro atoms. The number of aromatic nitrogens is 1. The molecule has 5 nitrogen and oxygen atoms in total. The third-order valence-corrected chi connectivity index (χ3v) is 5.65. The van der Waals surface area contributed by atoms with Gasteiger partial charge in [-0.15, -0.1) is 0 Å². The van der Waals surface area contributed by atoms with E-state index in [4.69, 9.17) is 0 Å². The second kappa shape index (κ2) is 8.09. The molecule has 1 aliphatic carbocycles. The van der Waals surface area contributed by atoms with Crippen LogP contribution in [0.4, 0.5) is 5.82 Å². The summed E-state index contributed by atoms with van der Waals surface area (Å²) in [5.41, 5.74) is 5.02. The molecule has 1 aromatic heterocycles. The Morgan fingerprint density at radius 2 is 1.81 bits per heavy atom. The Morgan fingerprint density at radius 3 is 2.59 bits per heavy atom. The van der Waals surface area contributed by atoms with Gasteiger partial charge in [0.1, 0.15) is 5.82 Å². The molecule has 1 aliphatic heterocycles. The number of likely N-dealkylation sites (N-methyl/N-ethyl adjacent to an activating group) is 1. The number of carbonyl (C=O) groups is 1. The van der Waals surface area contributed by atoms with Crippen LogP contribution < -0.4 is 10.2 Å². The van der Waals surface area contributed by atoms with Crippen LogP contribution in [0.3, 0.4) is 0 Å². The van der Waals surface area contributed by atoms with Gasteiger partial charge < -0.3 is 15.1 Å². The molecule has 1 saturated heterocycles. The van der Waals surface area contributed by atoms with Crippen molar-refractivity contribution in [1.82, 2.24) is 15.2 Å². The van der Waals surface area contributed by atoms with Crippen molar-refractivity contribution >= 4 is 11.7 Å². The number of fused-ring (bicyclic) bond motifs is 1. The summed E-state index contributed by atoms with van der Waals surface area (Å²) in [6.45, 7) is 4.70. The van der Waals surface area contributed by atoms with E-state index in [9.17, 15) is 4.79 Å². The summed E-state index contributed by atoms with van der Waals surface area (Å²) in [6, 6.07) is 10.6. The van der Waals surface area contributed by atoms with E-state index in [2.05, 4.69) is 57.5 Å². The van der Waals surface area contributed by atoms with Crippen LogP contribution in [0.25, 0.3) is 0 Å². The zero-order valence-electron chi connectivity index (χ0n) is 16.1. The SMILES string of the molecule is CN1CCN(c2ccc(CNC(=O)Cc3ccc4c(c3)CCC4)cn2)CC1. The molecule has 0 atom stereocenters. The van der Waals surface area contributed by atoms with Crippen LogP contribution in [0.15, 0.2) is 36.5 Å². The molecular formula is C22H28N4O. The number of anilines is 1. The maximum absolute atomic E-state index is 12.3. The quantitative estimate of drug-likeness (QED) is 0.884. The van der Waals surface area contributed by atoms with Gasteiger partial charge in [-0.2, -0.15) is 0 Å². The highest BCUT2D eigenvalue weighted by molar-refractivity contribution is 5.78. The number of amides is 1. The molecule has 2 aliphatic rings. The van der Waals surface area contributed by atoms with E-state index in [-0.39, 0.29) is 5.91 Å². The lowest BCUT2D eigenvalue weighted by Gasteiger charge is -2.33. The van der Waals surface area contributed by atoms with Crippen molar-refractivity contribution in [3.05, 3.63) is 58.8 Å². The topological polar surface area (TPSA) is 48.5 Å². The monoisotopic (exact) mass is 364 g/mol. The molecule has 1 amide bonds. The Hall–Kier alpha value is -2.40. The van der Waals surface area contributed by atoms with Crippen LogP contribution in [-0.4, -0.2) is 49.0 Å². The highest BCUT2D eigenvalue weighted by atomic mass is 16.1. The number of pyridine rings is 1. The number of piperazine rings is 1. The maximum atomic E-state index is 12.3. The summed E-state index contributed by atoms with van der Waals surface area (Å²) < 4.78 is 0. The number of nitrogens with one attached hydrogen (secondary N) is 1. The number of nitrogens with zero attached hydrogens (tertiary/aromatic N) is 3. The predicted molar refractivity (Wildman–Crippen MR) is 108 cm³/mol. The van der Waals surface area contributed by atoms with E-state index >= 15 is 0 Å². The molecule has 142 valence electrons. The third-order valence-electron chi connectivity index (χ3n) is 5.65. The molecule has 1 fully saturated rings. The summed E-state index contributed by atoms with van der Waals surface area (Å²) in [5, 5.41) is 3.02. The number of hydrogen-bond acceptors (Lipinski definition) is 4. The second-order valence-corrected chi connectivity index (χ2v) is 7.73. The van der Waals surface area contributed by atoms with Gasteiger partial charge in [0.2, 0.25) is 5.91 Å². The van der Waals surface area contributed by atoms with Gasteiger partial charge in [-0.3, -0.25) is 4.79 Å². The van der Waals surface area contributed by atoms with E-state index in [1.54, 1.807) is 0 Å². The Bertz CT molecular complexity index is 794. The van der Waals surface area contributed by atoms with Gasteiger partial charge in [0.15, 0.2) is 0 Å². The van der Waals surface area contributed by atoms with E-state index in [0.717, 1.165) is 49.5 Å². The molecule has 0 bridgehead atoms. The number of carbonyl (C=O) groups excluding carboxylic acids is 1. The van der Waals surface area contributed by atoms with Crippen LogP contribution in [0.2, 0.25) is 0 Å². The Balaban J connectivity index is 1.27. The van der Waals surface area contributed by atoms with Crippen molar-refractivity contribution in [3.8, 4) is 0 Å². The minimum absolute atomic E-state index is 0.0658. The van der Waals surface area contributed by atoms with E-state index < -0.39 is 0 Å². The predicted octanol–water partition coefficient (Wildman–Crippen LogP) is 2.18. The summed E-state index contributed by atoms with van der Waals surface area (Å²) in [7, 11) is 2.15. The minimum atomic E-state index is 0.0658. The van der Waals surface area contributed by atoms with Crippen LogP contribution in [0, 0.1) is 0 Å². The molecule has 0 radical (unpaired) electrons. The fourth-order valence-corrected chi connectivity index (χ4v) is 3.93. The van der Waals surface area contributed by atoms with Crippen molar-refractivity contribution in [2.75, 3.05) is 38.1 Å². The van der Waals surface area contributed by atoms with Crippen molar-refractivity contribution in [3.63, 3.8) is 0 Å². The van der Waals surface area contributed by atoms with Gasteiger partial charge >= 0.3 is 0 Å². The summed E-state index contributed by atoms with van der Waals surface area (Å²) in [6.07, 6.45) is 5.89. The lowest BCUT2D eigenvalue weighted by atomic mass is 10.0. The average molecular weight is 364 g/mol. The van der Waals surface area contributed by atoms with Crippen molar-refractivity contribution in [2.24, 2.45) is 0 Å². The number of rotatable bonds is 5.